The Morgan fingerprint density at radius 1 is 1.20 bits per heavy atom. The number of hydrogen-bond acceptors (Lipinski definition) is 5. The molecule has 2 aliphatic rings. The van der Waals surface area contributed by atoms with Crippen LogP contribution in [0.3, 0.4) is 0 Å². The average molecular weight is 346 g/mol. The summed E-state index contributed by atoms with van der Waals surface area (Å²) in [7, 11) is 0. The fraction of sp³-hybridized carbons (Fsp3) is 0.579. The number of nitrogens with zero attached hydrogens (tertiary/aromatic N) is 2. The number of piperidine rings is 1. The number of aliphatic hydroxyl groups is 1. The molecule has 1 aromatic carbocycles. The second-order valence-electron chi connectivity index (χ2n) is 6.61. The third-order valence-electron chi connectivity index (χ3n) is 5.06. The molecule has 0 aromatic heterocycles. The highest BCUT2D eigenvalue weighted by Crippen LogP contribution is 2.31. The van der Waals surface area contributed by atoms with Crippen LogP contribution in [0.25, 0.3) is 0 Å². The van der Waals surface area contributed by atoms with Crippen molar-refractivity contribution in [1.29, 1.82) is 0 Å². The Balaban J connectivity index is 1.77. The van der Waals surface area contributed by atoms with Gasteiger partial charge in [-0.15, -0.1) is 0 Å². The summed E-state index contributed by atoms with van der Waals surface area (Å²) in [6.45, 7) is 3.40. The number of hydrogen-bond donors (Lipinski definition) is 1. The Hall–Kier alpha value is -1.92. The van der Waals surface area contributed by atoms with Crippen molar-refractivity contribution < 1.29 is 19.4 Å². The summed E-state index contributed by atoms with van der Waals surface area (Å²) >= 11 is 0. The van der Waals surface area contributed by atoms with E-state index >= 15 is 0 Å². The van der Waals surface area contributed by atoms with Crippen molar-refractivity contribution in [2.45, 2.75) is 51.1 Å². The molecule has 25 heavy (non-hydrogen) atoms. The zero-order valence-corrected chi connectivity index (χ0v) is 14.7. The second kappa shape index (κ2) is 7.97. The van der Waals surface area contributed by atoms with E-state index in [1.807, 2.05) is 6.92 Å². The van der Waals surface area contributed by atoms with Crippen LogP contribution in [0.2, 0.25) is 0 Å². The molecule has 2 atom stereocenters. The lowest BCUT2D eigenvalue weighted by molar-refractivity contribution is -0.123. The van der Waals surface area contributed by atoms with Crippen LogP contribution in [0.15, 0.2) is 24.3 Å². The molecule has 1 N–H and O–H groups in total. The van der Waals surface area contributed by atoms with Gasteiger partial charge in [-0.3, -0.25) is 14.5 Å². The molecule has 2 aliphatic heterocycles. The van der Waals surface area contributed by atoms with E-state index in [1.165, 1.54) is 4.90 Å². The molecular weight excluding hydrogens is 320 g/mol. The first-order valence-corrected chi connectivity index (χ1v) is 9.12. The maximum atomic E-state index is 12.9. The van der Waals surface area contributed by atoms with Crippen LogP contribution in [0, 0.1) is 0 Å². The Morgan fingerprint density at radius 3 is 2.64 bits per heavy atom. The van der Waals surface area contributed by atoms with Crippen LogP contribution >= 0.6 is 0 Å². The van der Waals surface area contributed by atoms with Gasteiger partial charge in [-0.05, 0) is 57.0 Å². The highest BCUT2D eigenvalue weighted by atomic mass is 16.5. The summed E-state index contributed by atoms with van der Waals surface area (Å²) in [5.41, 5.74) is 0.594. The molecule has 0 aliphatic carbocycles. The molecule has 0 saturated carbocycles. The van der Waals surface area contributed by atoms with E-state index in [1.54, 1.807) is 24.3 Å². The Labute approximate surface area is 148 Å². The lowest BCUT2D eigenvalue weighted by Gasteiger charge is -2.38. The summed E-state index contributed by atoms with van der Waals surface area (Å²) in [4.78, 5) is 28.9. The molecule has 0 radical (unpaired) electrons. The van der Waals surface area contributed by atoms with Crippen LogP contribution in [0.5, 0.6) is 5.75 Å². The van der Waals surface area contributed by atoms with E-state index in [0.717, 1.165) is 31.6 Å². The van der Waals surface area contributed by atoms with E-state index in [-0.39, 0.29) is 30.9 Å². The van der Waals surface area contributed by atoms with E-state index in [2.05, 4.69) is 4.90 Å². The molecule has 0 unspecified atom stereocenters. The van der Waals surface area contributed by atoms with Crippen molar-refractivity contribution >= 4 is 17.5 Å². The summed E-state index contributed by atoms with van der Waals surface area (Å²) in [5, 5.41) is 9.30. The monoisotopic (exact) mass is 346 g/mol. The van der Waals surface area contributed by atoms with Crippen LogP contribution < -0.4 is 9.64 Å². The highest BCUT2D eigenvalue weighted by Gasteiger charge is 2.44. The van der Waals surface area contributed by atoms with Gasteiger partial charge in [0.2, 0.25) is 5.91 Å². The number of carbonyl (C=O) groups is 2. The predicted molar refractivity (Wildman–Crippen MR) is 94.6 cm³/mol. The third-order valence-corrected chi connectivity index (χ3v) is 5.06. The number of rotatable bonds is 6. The van der Waals surface area contributed by atoms with Gasteiger partial charge in [0.05, 0.1) is 24.8 Å². The Bertz CT molecular complexity index is 614. The van der Waals surface area contributed by atoms with Gasteiger partial charge < -0.3 is 9.84 Å². The number of aliphatic hydroxyl groups excluding tert-OH is 1. The summed E-state index contributed by atoms with van der Waals surface area (Å²) in [6.07, 6.45) is 3.98. The van der Waals surface area contributed by atoms with Gasteiger partial charge >= 0.3 is 0 Å². The molecule has 3 rings (SSSR count). The summed E-state index contributed by atoms with van der Waals surface area (Å²) < 4.78 is 5.41. The molecule has 2 fully saturated rings. The van der Waals surface area contributed by atoms with Crippen molar-refractivity contribution in [3.8, 4) is 5.75 Å². The van der Waals surface area contributed by atoms with Gasteiger partial charge in [-0.1, -0.05) is 6.42 Å². The number of ether oxygens (including phenoxy) is 1. The first-order chi connectivity index (χ1) is 12.2. The molecular formula is C19H26N2O4. The lowest BCUT2D eigenvalue weighted by Crippen LogP contribution is -2.50. The number of benzene rings is 1. The third kappa shape index (κ3) is 3.70. The molecule has 2 heterocycles. The van der Waals surface area contributed by atoms with Crippen molar-refractivity contribution in [3.05, 3.63) is 24.3 Å². The molecule has 6 heteroatoms. The maximum Gasteiger partial charge on any atom is 0.251 e. The minimum absolute atomic E-state index is 0.110. The molecule has 0 spiro atoms. The first-order valence-electron chi connectivity index (χ1n) is 9.12. The normalized spacial score (nSPS) is 24.8. The van der Waals surface area contributed by atoms with Crippen LogP contribution in [0.1, 0.15) is 39.0 Å². The quantitative estimate of drug-likeness (QED) is 0.798. The molecule has 2 amide bonds. The van der Waals surface area contributed by atoms with E-state index in [0.29, 0.717) is 18.7 Å². The number of imide groups is 1. The fourth-order valence-electron chi connectivity index (χ4n) is 3.90. The van der Waals surface area contributed by atoms with Gasteiger partial charge in [-0.25, -0.2) is 4.90 Å². The van der Waals surface area contributed by atoms with E-state index < -0.39 is 6.04 Å². The summed E-state index contributed by atoms with van der Waals surface area (Å²) in [5.74, 6) is 0.410. The molecule has 0 bridgehead atoms. The van der Waals surface area contributed by atoms with Gasteiger partial charge in [-0.2, -0.15) is 0 Å². The zero-order chi connectivity index (χ0) is 17.8. The lowest BCUT2D eigenvalue weighted by atomic mass is 9.97. The number of likely N-dealkylation sites (tertiary alicyclic amines) is 1. The second-order valence-corrected chi connectivity index (χ2v) is 6.61. The van der Waals surface area contributed by atoms with Gasteiger partial charge in [0.25, 0.3) is 5.91 Å². The van der Waals surface area contributed by atoms with Gasteiger partial charge in [0.15, 0.2) is 0 Å². The number of amides is 2. The maximum absolute atomic E-state index is 12.9. The topological polar surface area (TPSA) is 70.1 Å². The van der Waals surface area contributed by atoms with Crippen molar-refractivity contribution in [3.63, 3.8) is 0 Å². The van der Waals surface area contributed by atoms with E-state index in [9.17, 15) is 14.7 Å². The molecule has 136 valence electrons. The number of anilines is 1. The van der Waals surface area contributed by atoms with Crippen LogP contribution in [-0.2, 0) is 9.59 Å². The zero-order valence-electron chi connectivity index (χ0n) is 14.7. The molecule has 6 nitrogen and oxygen atoms in total. The van der Waals surface area contributed by atoms with Gasteiger partial charge in [0.1, 0.15) is 5.75 Å². The van der Waals surface area contributed by atoms with Gasteiger partial charge in [0, 0.05) is 12.6 Å². The van der Waals surface area contributed by atoms with Crippen molar-refractivity contribution in [2.75, 3.05) is 24.7 Å². The first kappa shape index (κ1) is 17.9. The van der Waals surface area contributed by atoms with E-state index in [4.69, 9.17) is 4.74 Å². The summed E-state index contributed by atoms with van der Waals surface area (Å²) in [6, 6.07) is 6.84. The number of carbonyl (C=O) groups excluding carboxylic acids is 2. The van der Waals surface area contributed by atoms with Crippen molar-refractivity contribution in [2.24, 2.45) is 0 Å². The van der Waals surface area contributed by atoms with Crippen LogP contribution in [-0.4, -0.2) is 53.7 Å². The predicted octanol–water partition coefficient (Wildman–Crippen LogP) is 1.95. The molecule has 1 aromatic rings. The molecule has 2 saturated heterocycles. The minimum atomic E-state index is -0.407. The fourth-order valence-corrected chi connectivity index (χ4v) is 3.90. The Kier molecular flexibility index (Phi) is 5.71. The Morgan fingerprint density at radius 2 is 1.96 bits per heavy atom. The highest BCUT2D eigenvalue weighted by molar-refractivity contribution is 6.22. The van der Waals surface area contributed by atoms with Crippen molar-refractivity contribution in [1.82, 2.24) is 4.90 Å². The van der Waals surface area contributed by atoms with Crippen LogP contribution in [0.4, 0.5) is 5.69 Å². The largest absolute Gasteiger partial charge is 0.494 e. The SMILES string of the molecule is CCOc1ccc(N2C(=O)C[C@@H](N3CCCC[C@H]3CCO)C2=O)cc1. The minimum Gasteiger partial charge on any atom is -0.494 e. The smallest absolute Gasteiger partial charge is 0.251 e. The average Bonchev–Trinajstić information content (AvgIpc) is 2.91. The standard InChI is InChI=1S/C19H26N2O4/c1-2-25-16-8-6-15(7-9-16)21-18(23)13-17(19(21)24)20-11-4-3-5-14(20)10-12-22/h6-9,14,17,22H,2-5,10-13H2,1H3/t14-,17+/m0/s1.